The summed E-state index contributed by atoms with van der Waals surface area (Å²) in [6, 6.07) is 14.7. The molecule has 2 aromatic carbocycles. The summed E-state index contributed by atoms with van der Waals surface area (Å²) >= 11 is 5.84. The fourth-order valence-electron chi connectivity index (χ4n) is 2.42. The summed E-state index contributed by atoms with van der Waals surface area (Å²) in [6.45, 7) is 0.433. The lowest BCUT2D eigenvalue weighted by Crippen LogP contribution is -2.30. The number of halogens is 1. The average molecular weight is 373 g/mol. The summed E-state index contributed by atoms with van der Waals surface area (Å²) < 4.78 is 5.49. The van der Waals surface area contributed by atoms with Crippen molar-refractivity contribution in [1.29, 1.82) is 0 Å². The number of carbonyl (C=O) groups excluding carboxylic acids is 2. The third kappa shape index (κ3) is 5.77. The molecule has 2 aromatic rings. The van der Waals surface area contributed by atoms with Gasteiger partial charge in [0.25, 0.3) is 11.8 Å². The number of ether oxygens (including phenoxy) is 1. The van der Waals surface area contributed by atoms with Crippen molar-refractivity contribution in [2.75, 3.05) is 13.2 Å². The first kappa shape index (κ1) is 18.3. The lowest BCUT2D eigenvalue weighted by molar-refractivity contribution is -0.123. The van der Waals surface area contributed by atoms with Gasteiger partial charge in [0, 0.05) is 23.2 Å². The molecule has 5 nitrogen and oxygen atoms in total. The molecular weight excluding hydrogens is 352 g/mol. The Balaban J connectivity index is 1.40. The van der Waals surface area contributed by atoms with Crippen LogP contribution in [0.25, 0.3) is 0 Å². The molecule has 0 heterocycles. The molecular formula is C20H21ClN2O3. The van der Waals surface area contributed by atoms with Crippen LogP contribution in [0, 0.1) is 0 Å². The van der Waals surface area contributed by atoms with Gasteiger partial charge in [0.2, 0.25) is 0 Å². The topological polar surface area (TPSA) is 67.4 Å². The maximum Gasteiger partial charge on any atom is 0.257 e. The van der Waals surface area contributed by atoms with E-state index in [0.29, 0.717) is 28.9 Å². The van der Waals surface area contributed by atoms with Crippen molar-refractivity contribution < 1.29 is 14.3 Å². The Bertz CT molecular complexity index is 773. The summed E-state index contributed by atoms with van der Waals surface area (Å²) in [5.41, 5.74) is 1.64. The van der Waals surface area contributed by atoms with E-state index in [4.69, 9.17) is 16.3 Å². The Kier molecular flexibility index (Phi) is 6.12. The molecule has 1 aliphatic rings. The van der Waals surface area contributed by atoms with Crippen molar-refractivity contribution >= 4 is 23.4 Å². The van der Waals surface area contributed by atoms with Crippen LogP contribution in [0.2, 0.25) is 5.02 Å². The molecule has 0 spiro atoms. The van der Waals surface area contributed by atoms with Gasteiger partial charge in [0.05, 0.1) is 0 Å². The molecule has 6 heteroatoms. The molecule has 136 valence electrons. The largest absolute Gasteiger partial charge is 0.484 e. The SMILES string of the molecule is O=C(COc1cccc(C(=O)NC2CC2)c1)NCCc1ccc(Cl)cc1. The summed E-state index contributed by atoms with van der Waals surface area (Å²) in [5, 5.41) is 6.43. The minimum absolute atomic E-state index is 0.0890. The minimum atomic E-state index is -0.202. The van der Waals surface area contributed by atoms with Gasteiger partial charge in [0.1, 0.15) is 5.75 Å². The summed E-state index contributed by atoms with van der Waals surface area (Å²) in [7, 11) is 0. The molecule has 2 amide bonds. The number of hydrogen-bond donors (Lipinski definition) is 2. The molecule has 0 aromatic heterocycles. The van der Waals surface area contributed by atoms with Crippen LogP contribution in [-0.4, -0.2) is 31.0 Å². The molecule has 26 heavy (non-hydrogen) atoms. The van der Waals surface area contributed by atoms with Gasteiger partial charge in [-0.3, -0.25) is 9.59 Å². The second-order valence-electron chi connectivity index (χ2n) is 6.29. The molecule has 0 unspecified atom stereocenters. The van der Waals surface area contributed by atoms with Crippen molar-refractivity contribution in [3.05, 3.63) is 64.7 Å². The van der Waals surface area contributed by atoms with Crippen molar-refractivity contribution in [1.82, 2.24) is 10.6 Å². The fraction of sp³-hybridized carbons (Fsp3) is 0.300. The Morgan fingerprint density at radius 1 is 1.12 bits per heavy atom. The molecule has 0 aliphatic heterocycles. The Labute approximate surface area is 157 Å². The average Bonchev–Trinajstić information content (AvgIpc) is 3.46. The van der Waals surface area contributed by atoms with Gasteiger partial charge in [-0.05, 0) is 55.2 Å². The van der Waals surface area contributed by atoms with E-state index in [1.165, 1.54) is 0 Å². The van der Waals surface area contributed by atoms with Crippen molar-refractivity contribution in [3.63, 3.8) is 0 Å². The van der Waals surface area contributed by atoms with Gasteiger partial charge in [-0.15, -0.1) is 0 Å². The van der Waals surface area contributed by atoms with Crippen LogP contribution in [-0.2, 0) is 11.2 Å². The molecule has 2 N–H and O–H groups in total. The Morgan fingerprint density at radius 3 is 2.62 bits per heavy atom. The van der Waals surface area contributed by atoms with E-state index in [2.05, 4.69) is 10.6 Å². The first-order valence-electron chi connectivity index (χ1n) is 8.65. The Morgan fingerprint density at radius 2 is 1.88 bits per heavy atom. The monoisotopic (exact) mass is 372 g/mol. The zero-order chi connectivity index (χ0) is 18.4. The first-order valence-corrected chi connectivity index (χ1v) is 9.03. The first-order chi connectivity index (χ1) is 12.6. The molecule has 1 saturated carbocycles. The third-order valence-corrected chi connectivity index (χ3v) is 4.28. The molecule has 0 bridgehead atoms. The maximum atomic E-state index is 12.0. The number of hydrogen-bond acceptors (Lipinski definition) is 3. The highest BCUT2D eigenvalue weighted by molar-refractivity contribution is 6.30. The van der Waals surface area contributed by atoms with E-state index >= 15 is 0 Å². The van der Waals surface area contributed by atoms with Gasteiger partial charge in [-0.25, -0.2) is 0 Å². The van der Waals surface area contributed by atoms with Gasteiger partial charge in [0.15, 0.2) is 6.61 Å². The number of rotatable bonds is 8. The fourth-order valence-corrected chi connectivity index (χ4v) is 2.55. The normalized spacial score (nSPS) is 13.1. The highest BCUT2D eigenvalue weighted by atomic mass is 35.5. The number of carbonyl (C=O) groups is 2. The predicted molar refractivity (Wildman–Crippen MR) is 101 cm³/mol. The zero-order valence-corrected chi connectivity index (χ0v) is 15.1. The molecule has 3 rings (SSSR count). The summed E-state index contributed by atoms with van der Waals surface area (Å²) in [4.78, 5) is 23.9. The number of benzene rings is 2. The Hall–Kier alpha value is -2.53. The second-order valence-corrected chi connectivity index (χ2v) is 6.73. The predicted octanol–water partition coefficient (Wildman–Crippen LogP) is 2.97. The third-order valence-electron chi connectivity index (χ3n) is 4.03. The number of nitrogens with one attached hydrogen (secondary N) is 2. The summed E-state index contributed by atoms with van der Waals surface area (Å²) in [6.07, 6.45) is 2.80. The van der Waals surface area contributed by atoms with Crippen LogP contribution in [0.15, 0.2) is 48.5 Å². The highest BCUT2D eigenvalue weighted by Crippen LogP contribution is 2.20. The van der Waals surface area contributed by atoms with Crippen molar-refractivity contribution in [2.45, 2.75) is 25.3 Å². The zero-order valence-electron chi connectivity index (χ0n) is 14.3. The van der Waals surface area contributed by atoms with E-state index in [1.54, 1.807) is 24.3 Å². The minimum Gasteiger partial charge on any atom is -0.484 e. The van der Waals surface area contributed by atoms with Gasteiger partial charge >= 0.3 is 0 Å². The van der Waals surface area contributed by atoms with Crippen LogP contribution in [0.5, 0.6) is 5.75 Å². The standard InChI is InChI=1S/C20H21ClN2O3/c21-16-6-4-14(5-7-16)10-11-22-19(24)13-26-18-3-1-2-15(12-18)20(25)23-17-8-9-17/h1-7,12,17H,8-11,13H2,(H,22,24)(H,23,25). The summed E-state index contributed by atoms with van der Waals surface area (Å²) in [5.74, 6) is 0.193. The van der Waals surface area contributed by atoms with Crippen molar-refractivity contribution in [3.8, 4) is 5.75 Å². The van der Waals surface area contributed by atoms with Crippen LogP contribution < -0.4 is 15.4 Å². The van der Waals surface area contributed by atoms with Gasteiger partial charge in [-0.1, -0.05) is 29.8 Å². The van der Waals surface area contributed by atoms with E-state index in [1.807, 2.05) is 24.3 Å². The van der Waals surface area contributed by atoms with Crippen LogP contribution >= 0.6 is 11.6 Å². The molecule has 0 radical (unpaired) electrons. The second kappa shape index (κ2) is 8.72. The van der Waals surface area contributed by atoms with E-state index in [9.17, 15) is 9.59 Å². The van der Waals surface area contributed by atoms with Crippen LogP contribution in [0.3, 0.4) is 0 Å². The molecule has 0 saturated heterocycles. The van der Waals surface area contributed by atoms with Gasteiger partial charge in [-0.2, -0.15) is 0 Å². The van der Waals surface area contributed by atoms with E-state index in [0.717, 1.165) is 24.8 Å². The maximum absolute atomic E-state index is 12.0. The molecule has 1 fully saturated rings. The van der Waals surface area contributed by atoms with Crippen molar-refractivity contribution in [2.24, 2.45) is 0 Å². The van der Waals surface area contributed by atoms with Gasteiger partial charge < -0.3 is 15.4 Å². The lowest BCUT2D eigenvalue weighted by Gasteiger charge is -2.09. The smallest absolute Gasteiger partial charge is 0.257 e. The number of amides is 2. The van der Waals surface area contributed by atoms with E-state index in [-0.39, 0.29) is 18.4 Å². The van der Waals surface area contributed by atoms with Crippen LogP contribution in [0.1, 0.15) is 28.8 Å². The lowest BCUT2D eigenvalue weighted by atomic mass is 10.1. The molecule has 0 atom stereocenters. The highest BCUT2D eigenvalue weighted by Gasteiger charge is 2.23. The van der Waals surface area contributed by atoms with Crippen LogP contribution in [0.4, 0.5) is 0 Å². The quantitative estimate of drug-likeness (QED) is 0.748. The molecule has 1 aliphatic carbocycles. The van der Waals surface area contributed by atoms with E-state index < -0.39 is 0 Å².